The maximum absolute atomic E-state index is 12.8. The van der Waals surface area contributed by atoms with Gasteiger partial charge in [0.05, 0.1) is 9.79 Å². The number of sulfonamides is 2. The molecule has 0 fully saturated rings. The van der Waals surface area contributed by atoms with Crippen LogP contribution in [0.1, 0.15) is 38.8 Å². The largest absolute Gasteiger partial charge is 0.240 e. The number of benzene rings is 2. The lowest BCUT2D eigenvalue weighted by Gasteiger charge is -2.24. The Labute approximate surface area is 213 Å². The van der Waals surface area contributed by atoms with Crippen LogP contribution in [-0.4, -0.2) is 40.4 Å². The molecule has 10 heteroatoms. The molecule has 0 saturated carbocycles. The molecule has 0 bridgehead atoms. The van der Waals surface area contributed by atoms with Crippen LogP contribution in [0.4, 0.5) is 0 Å². The fraction of sp³-hybridized carbons (Fsp3) is 0.500. The molecule has 0 aromatic heterocycles. The van der Waals surface area contributed by atoms with Gasteiger partial charge in [-0.05, 0) is 49.9 Å². The maximum atomic E-state index is 12.8. The van der Waals surface area contributed by atoms with Gasteiger partial charge in [-0.1, -0.05) is 84.7 Å². The molecule has 2 rings (SSSR count). The molecule has 2 N–H and O–H groups in total. The highest BCUT2D eigenvalue weighted by atomic mass is 33.1. The molecule has 0 amide bonds. The number of nitrogens with one attached hydrogen (secondary N) is 2. The van der Waals surface area contributed by atoms with Crippen molar-refractivity contribution in [2.75, 3.05) is 11.5 Å². The van der Waals surface area contributed by atoms with E-state index in [1.54, 1.807) is 70.1 Å². The Morgan fingerprint density at radius 3 is 1.18 bits per heavy atom. The normalized spacial score (nSPS) is 14.5. The van der Waals surface area contributed by atoms with E-state index in [0.717, 1.165) is 11.1 Å². The second kappa shape index (κ2) is 12.8. The number of rotatable bonds is 13. The molecule has 0 heterocycles. The topological polar surface area (TPSA) is 92.3 Å². The molecule has 0 aliphatic rings. The molecule has 2 aromatic carbocycles. The Balaban J connectivity index is 1.95. The van der Waals surface area contributed by atoms with Gasteiger partial charge in [0.15, 0.2) is 0 Å². The summed E-state index contributed by atoms with van der Waals surface area (Å²) in [4.78, 5) is 0.513. The van der Waals surface area contributed by atoms with Crippen molar-refractivity contribution in [2.24, 2.45) is 11.8 Å². The van der Waals surface area contributed by atoms with Crippen LogP contribution in [0.25, 0.3) is 0 Å². The van der Waals surface area contributed by atoms with Crippen molar-refractivity contribution in [3.05, 3.63) is 59.7 Å². The highest BCUT2D eigenvalue weighted by molar-refractivity contribution is 8.76. The van der Waals surface area contributed by atoms with Gasteiger partial charge in [0, 0.05) is 23.6 Å². The van der Waals surface area contributed by atoms with Crippen molar-refractivity contribution in [3.63, 3.8) is 0 Å². The first-order chi connectivity index (χ1) is 15.8. The second-order valence-corrected chi connectivity index (χ2v) is 15.1. The summed E-state index contributed by atoms with van der Waals surface area (Å²) < 4.78 is 56.8. The average Bonchev–Trinajstić information content (AvgIpc) is 2.75. The van der Waals surface area contributed by atoms with Gasteiger partial charge in [-0.15, -0.1) is 0 Å². The molecule has 0 aliphatic carbocycles. The lowest BCUT2D eigenvalue weighted by Crippen LogP contribution is -2.41. The van der Waals surface area contributed by atoms with E-state index in [1.807, 2.05) is 41.5 Å². The summed E-state index contributed by atoms with van der Waals surface area (Å²) in [5.74, 6) is 1.36. The zero-order valence-electron chi connectivity index (χ0n) is 20.6. The third-order valence-electron chi connectivity index (χ3n) is 5.46. The van der Waals surface area contributed by atoms with Crippen LogP contribution in [0, 0.1) is 25.7 Å². The zero-order valence-corrected chi connectivity index (χ0v) is 23.9. The van der Waals surface area contributed by atoms with E-state index in [1.165, 1.54) is 0 Å². The number of aryl methyl sites for hydroxylation is 2. The van der Waals surface area contributed by atoms with E-state index in [-0.39, 0.29) is 33.7 Å². The van der Waals surface area contributed by atoms with Crippen LogP contribution in [0.3, 0.4) is 0 Å². The van der Waals surface area contributed by atoms with E-state index in [2.05, 4.69) is 9.44 Å². The summed E-state index contributed by atoms with van der Waals surface area (Å²) >= 11 is 0. The van der Waals surface area contributed by atoms with E-state index >= 15 is 0 Å². The predicted octanol–water partition coefficient (Wildman–Crippen LogP) is 4.99. The Bertz CT molecular complexity index is 1020. The summed E-state index contributed by atoms with van der Waals surface area (Å²) in [5.41, 5.74) is 2.01. The minimum atomic E-state index is -3.61. The molecule has 2 atom stereocenters. The van der Waals surface area contributed by atoms with Gasteiger partial charge in [0.1, 0.15) is 0 Å². The first kappa shape index (κ1) is 29.2. The van der Waals surface area contributed by atoms with Crippen molar-refractivity contribution in [2.45, 2.75) is 63.4 Å². The Hall–Kier alpha value is -1.04. The van der Waals surface area contributed by atoms with Gasteiger partial charge in [-0.3, -0.25) is 0 Å². The molecule has 0 spiro atoms. The fourth-order valence-corrected chi connectivity index (χ4v) is 8.80. The van der Waals surface area contributed by atoms with Gasteiger partial charge < -0.3 is 0 Å². The Morgan fingerprint density at radius 1 is 0.618 bits per heavy atom. The van der Waals surface area contributed by atoms with Crippen molar-refractivity contribution in [1.82, 2.24) is 9.44 Å². The Morgan fingerprint density at radius 2 is 0.912 bits per heavy atom. The minimum absolute atomic E-state index is 0.106. The van der Waals surface area contributed by atoms with Crippen LogP contribution in [0.2, 0.25) is 0 Å². The molecule has 0 aliphatic heterocycles. The summed E-state index contributed by atoms with van der Waals surface area (Å²) in [5, 5.41) is 0. The zero-order chi connectivity index (χ0) is 25.5. The van der Waals surface area contributed by atoms with Gasteiger partial charge in [0.25, 0.3) is 0 Å². The lowest BCUT2D eigenvalue weighted by atomic mass is 10.1. The van der Waals surface area contributed by atoms with Crippen LogP contribution in [-0.2, 0) is 20.0 Å². The highest BCUT2D eigenvalue weighted by Crippen LogP contribution is 2.27. The van der Waals surface area contributed by atoms with E-state index in [4.69, 9.17) is 0 Å². The van der Waals surface area contributed by atoms with Crippen molar-refractivity contribution in [1.29, 1.82) is 0 Å². The molecule has 0 saturated heterocycles. The van der Waals surface area contributed by atoms with Crippen molar-refractivity contribution >= 4 is 41.6 Å². The monoisotopic (exact) mass is 544 g/mol. The van der Waals surface area contributed by atoms with Gasteiger partial charge in [0.2, 0.25) is 20.0 Å². The highest BCUT2D eigenvalue weighted by Gasteiger charge is 2.25. The van der Waals surface area contributed by atoms with Crippen molar-refractivity contribution < 1.29 is 16.8 Å². The quantitative estimate of drug-likeness (QED) is 0.273. The van der Waals surface area contributed by atoms with E-state index in [0.29, 0.717) is 11.5 Å². The predicted molar refractivity (Wildman–Crippen MR) is 145 cm³/mol. The third kappa shape index (κ3) is 8.87. The second-order valence-electron chi connectivity index (χ2n) is 9.14. The number of hydrogen-bond donors (Lipinski definition) is 2. The van der Waals surface area contributed by atoms with Gasteiger partial charge in [-0.2, -0.15) is 0 Å². The molecule has 190 valence electrons. The summed E-state index contributed by atoms with van der Waals surface area (Å²) in [6.07, 6.45) is 0. The first-order valence-corrected chi connectivity index (χ1v) is 16.7. The Kier molecular flexibility index (Phi) is 11.0. The molecule has 0 radical (unpaired) electrons. The molecule has 6 nitrogen and oxygen atoms in total. The maximum Gasteiger partial charge on any atom is 0.240 e. The minimum Gasteiger partial charge on any atom is -0.207 e. The third-order valence-corrected chi connectivity index (χ3v) is 10.9. The molecule has 0 unspecified atom stereocenters. The van der Waals surface area contributed by atoms with E-state index < -0.39 is 20.0 Å². The standard InChI is InChI=1S/C24H36N2O4S4/c1-17(2)23(25-33(27,28)21-11-7-19(5)8-12-21)15-31-32-16-24(18(3)4)26-34(29,30)22-13-9-20(6)10-14-22/h7-14,17-18,23-26H,15-16H2,1-6H3/t23-,24-/m1/s1. The summed E-state index contributed by atoms with van der Waals surface area (Å²) in [6.45, 7) is 11.8. The van der Waals surface area contributed by atoms with E-state index in [9.17, 15) is 16.8 Å². The van der Waals surface area contributed by atoms with Crippen molar-refractivity contribution in [3.8, 4) is 0 Å². The van der Waals surface area contributed by atoms with Gasteiger partial charge >= 0.3 is 0 Å². The molecule has 2 aromatic rings. The average molecular weight is 545 g/mol. The van der Waals surface area contributed by atoms with Crippen LogP contribution < -0.4 is 9.44 Å². The van der Waals surface area contributed by atoms with Crippen LogP contribution in [0.15, 0.2) is 58.3 Å². The fourth-order valence-electron chi connectivity index (χ4n) is 2.94. The van der Waals surface area contributed by atoms with Gasteiger partial charge in [-0.25, -0.2) is 26.3 Å². The van der Waals surface area contributed by atoms with Crippen LogP contribution in [0.5, 0.6) is 0 Å². The summed E-state index contributed by atoms with van der Waals surface area (Å²) in [7, 11) is -4.12. The molecular formula is C24H36N2O4S4. The smallest absolute Gasteiger partial charge is 0.207 e. The van der Waals surface area contributed by atoms with Crippen LogP contribution >= 0.6 is 21.6 Å². The molecule has 34 heavy (non-hydrogen) atoms. The number of hydrogen-bond acceptors (Lipinski definition) is 6. The molecular weight excluding hydrogens is 509 g/mol. The lowest BCUT2D eigenvalue weighted by molar-refractivity contribution is 0.481. The SMILES string of the molecule is Cc1ccc(S(=O)(=O)N[C@H](CSSC[C@@H](NS(=O)(=O)c2ccc(C)cc2)C(C)C)C(C)C)cc1. The summed E-state index contributed by atoms with van der Waals surface area (Å²) in [6, 6.07) is 13.1. The first-order valence-electron chi connectivity index (χ1n) is 11.2.